The van der Waals surface area contributed by atoms with Gasteiger partial charge in [-0.1, -0.05) is 29.8 Å². The molecular formula is C16H15ClN2O2. The van der Waals surface area contributed by atoms with Crippen molar-refractivity contribution in [1.29, 1.82) is 0 Å². The Kier molecular flexibility index (Phi) is 4.95. The van der Waals surface area contributed by atoms with E-state index in [1.807, 2.05) is 31.2 Å². The van der Waals surface area contributed by atoms with Crippen LogP contribution in [0.15, 0.2) is 47.6 Å². The lowest BCUT2D eigenvalue weighted by molar-refractivity contribution is 0.0955. The fourth-order valence-corrected chi connectivity index (χ4v) is 1.91. The number of methoxy groups -OCH3 is 1. The number of nitrogens with one attached hydrogen (secondary N) is 1. The van der Waals surface area contributed by atoms with E-state index in [1.165, 1.54) is 6.21 Å². The van der Waals surface area contributed by atoms with Gasteiger partial charge in [0.25, 0.3) is 5.91 Å². The lowest BCUT2D eigenvalue weighted by atomic mass is 10.1. The molecule has 108 valence electrons. The molecule has 1 N–H and O–H groups in total. The van der Waals surface area contributed by atoms with Crippen LogP contribution in [-0.2, 0) is 0 Å². The number of rotatable bonds is 4. The van der Waals surface area contributed by atoms with Gasteiger partial charge in [0.05, 0.1) is 13.3 Å². The molecule has 21 heavy (non-hydrogen) atoms. The number of nitrogens with zero attached hydrogens (tertiary/aromatic N) is 1. The van der Waals surface area contributed by atoms with Gasteiger partial charge in [0.2, 0.25) is 0 Å². The van der Waals surface area contributed by atoms with E-state index in [1.54, 1.807) is 25.3 Å². The number of amides is 1. The normalized spacial score (nSPS) is 10.6. The van der Waals surface area contributed by atoms with Crippen LogP contribution < -0.4 is 10.2 Å². The summed E-state index contributed by atoms with van der Waals surface area (Å²) in [5, 5.41) is 4.48. The number of hydrogen-bond donors (Lipinski definition) is 1. The highest BCUT2D eigenvalue weighted by Crippen LogP contribution is 2.17. The minimum Gasteiger partial charge on any atom is -0.496 e. The Bertz CT molecular complexity index is 684. The molecule has 0 bridgehead atoms. The van der Waals surface area contributed by atoms with Crippen LogP contribution in [0.25, 0.3) is 0 Å². The third-order valence-electron chi connectivity index (χ3n) is 2.94. The molecule has 0 unspecified atom stereocenters. The Morgan fingerprint density at radius 1 is 1.29 bits per heavy atom. The van der Waals surface area contributed by atoms with Crippen molar-refractivity contribution in [3.63, 3.8) is 0 Å². The standard InChI is InChI=1S/C16H15ClN2O2/c1-11-7-8-12(9-14(11)17)16(20)19-18-10-13-5-3-4-6-15(13)21-2/h3-10H,1-2H3,(H,19,20)/b18-10-. The zero-order valence-corrected chi connectivity index (χ0v) is 12.5. The second kappa shape index (κ2) is 6.90. The van der Waals surface area contributed by atoms with Gasteiger partial charge in [-0.05, 0) is 36.8 Å². The molecule has 0 aliphatic carbocycles. The maximum absolute atomic E-state index is 11.9. The summed E-state index contributed by atoms with van der Waals surface area (Å²) in [6, 6.07) is 12.5. The third kappa shape index (κ3) is 3.83. The van der Waals surface area contributed by atoms with Crippen LogP contribution in [0.5, 0.6) is 5.75 Å². The second-order valence-corrected chi connectivity index (χ2v) is 4.81. The molecule has 0 aliphatic rings. The summed E-state index contributed by atoms with van der Waals surface area (Å²) in [6.07, 6.45) is 1.53. The monoisotopic (exact) mass is 302 g/mol. The molecule has 0 radical (unpaired) electrons. The summed E-state index contributed by atoms with van der Waals surface area (Å²) in [4.78, 5) is 11.9. The van der Waals surface area contributed by atoms with Gasteiger partial charge in [0.1, 0.15) is 5.75 Å². The van der Waals surface area contributed by atoms with E-state index in [0.717, 1.165) is 11.1 Å². The van der Waals surface area contributed by atoms with Crippen LogP contribution in [-0.4, -0.2) is 19.2 Å². The summed E-state index contributed by atoms with van der Waals surface area (Å²) >= 11 is 5.99. The summed E-state index contributed by atoms with van der Waals surface area (Å²) in [5.74, 6) is 0.372. The van der Waals surface area contributed by atoms with Gasteiger partial charge in [0, 0.05) is 16.1 Å². The Morgan fingerprint density at radius 2 is 2.05 bits per heavy atom. The molecular weight excluding hydrogens is 288 g/mol. The quantitative estimate of drug-likeness (QED) is 0.695. The van der Waals surface area contributed by atoms with E-state index in [-0.39, 0.29) is 5.91 Å². The zero-order chi connectivity index (χ0) is 15.2. The highest BCUT2D eigenvalue weighted by atomic mass is 35.5. The van der Waals surface area contributed by atoms with E-state index in [2.05, 4.69) is 10.5 Å². The summed E-state index contributed by atoms with van der Waals surface area (Å²) in [6.45, 7) is 1.88. The number of carbonyl (C=O) groups is 1. The van der Waals surface area contributed by atoms with Crippen molar-refractivity contribution >= 4 is 23.7 Å². The maximum atomic E-state index is 11.9. The van der Waals surface area contributed by atoms with Crippen molar-refractivity contribution in [2.75, 3.05) is 7.11 Å². The maximum Gasteiger partial charge on any atom is 0.271 e. The van der Waals surface area contributed by atoms with Crippen molar-refractivity contribution in [3.05, 3.63) is 64.2 Å². The van der Waals surface area contributed by atoms with Crippen molar-refractivity contribution in [2.45, 2.75) is 6.92 Å². The highest BCUT2D eigenvalue weighted by Gasteiger charge is 2.06. The minimum absolute atomic E-state index is 0.317. The van der Waals surface area contributed by atoms with Crippen LogP contribution in [0.4, 0.5) is 0 Å². The largest absolute Gasteiger partial charge is 0.496 e. The van der Waals surface area contributed by atoms with Gasteiger partial charge in [-0.3, -0.25) is 4.79 Å². The predicted octanol–water partition coefficient (Wildman–Crippen LogP) is 3.42. The first-order chi connectivity index (χ1) is 10.1. The number of para-hydroxylation sites is 1. The molecule has 0 aliphatic heterocycles. The summed E-state index contributed by atoms with van der Waals surface area (Å²) in [7, 11) is 1.58. The number of benzene rings is 2. The third-order valence-corrected chi connectivity index (χ3v) is 3.35. The van der Waals surface area contributed by atoms with Crippen LogP contribution in [0.3, 0.4) is 0 Å². The van der Waals surface area contributed by atoms with Gasteiger partial charge in [-0.15, -0.1) is 0 Å². The first kappa shape index (κ1) is 15.1. The molecule has 0 fully saturated rings. The number of hydrogen-bond acceptors (Lipinski definition) is 3. The summed E-state index contributed by atoms with van der Waals surface area (Å²) in [5.41, 5.74) is 4.62. The van der Waals surface area contributed by atoms with E-state index in [0.29, 0.717) is 16.3 Å². The number of carbonyl (C=O) groups excluding carboxylic acids is 1. The Hall–Kier alpha value is -2.33. The van der Waals surface area contributed by atoms with E-state index in [9.17, 15) is 4.79 Å². The number of hydrazone groups is 1. The van der Waals surface area contributed by atoms with Crippen LogP contribution >= 0.6 is 11.6 Å². The Morgan fingerprint density at radius 3 is 2.76 bits per heavy atom. The molecule has 2 rings (SSSR count). The molecule has 0 spiro atoms. The van der Waals surface area contributed by atoms with E-state index >= 15 is 0 Å². The molecule has 2 aromatic rings. The van der Waals surface area contributed by atoms with Gasteiger partial charge < -0.3 is 4.74 Å². The molecule has 0 atom stereocenters. The fraction of sp³-hybridized carbons (Fsp3) is 0.125. The Balaban J connectivity index is 2.06. The smallest absolute Gasteiger partial charge is 0.271 e. The highest BCUT2D eigenvalue weighted by molar-refractivity contribution is 6.31. The van der Waals surface area contributed by atoms with Crippen molar-refractivity contribution in [1.82, 2.24) is 5.43 Å². The van der Waals surface area contributed by atoms with Crippen LogP contribution in [0, 0.1) is 6.92 Å². The van der Waals surface area contributed by atoms with Crippen LogP contribution in [0.1, 0.15) is 21.5 Å². The summed E-state index contributed by atoms with van der Waals surface area (Å²) < 4.78 is 5.19. The first-order valence-corrected chi connectivity index (χ1v) is 6.72. The number of aryl methyl sites for hydroxylation is 1. The lowest BCUT2D eigenvalue weighted by Crippen LogP contribution is -2.17. The zero-order valence-electron chi connectivity index (χ0n) is 11.8. The number of halogens is 1. The van der Waals surface area contributed by atoms with Crippen molar-refractivity contribution in [3.8, 4) is 5.75 Å². The minimum atomic E-state index is -0.317. The SMILES string of the molecule is COc1ccccc1/C=N\NC(=O)c1ccc(C)c(Cl)c1. The average molecular weight is 303 g/mol. The van der Waals surface area contributed by atoms with E-state index < -0.39 is 0 Å². The predicted molar refractivity (Wildman–Crippen MR) is 84.2 cm³/mol. The molecule has 0 saturated heterocycles. The Labute approximate surface area is 128 Å². The molecule has 0 heterocycles. The average Bonchev–Trinajstić information content (AvgIpc) is 2.50. The second-order valence-electron chi connectivity index (χ2n) is 4.41. The topological polar surface area (TPSA) is 50.7 Å². The van der Waals surface area contributed by atoms with Crippen molar-refractivity contribution in [2.24, 2.45) is 5.10 Å². The van der Waals surface area contributed by atoms with Gasteiger partial charge in [-0.2, -0.15) is 5.10 Å². The lowest BCUT2D eigenvalue weighted by Gasteiger charge is -2.04. The van der Waals surface area contributed by atoms with Gasteiger partial charge >= 0.3 is 0 Å². The van der Waals surface area contributed by atoms with Gasteiger partial charge in [0.15, 0.2) is 0 Å². The fourth-order valence-electron chi connectivity index (χ4n) is 1.73. The van der Waals surface area contributed by atoms with Crippen LogP contribution in [0.2, 0.25) is 5.02 Å². The molecule has 4 nitrogen and oxygen atoms in total. The first-order valence-electron chi connectivity index (χ1n) is 6.34. The number of ether oxygens (including phenoxy) is 1. The molecule has 0 aromatic heterocycles. The molecule has 2 aromatic carbocycles. The molecule has 5 heteroatoms. The molecule has 0 saturated carbocycles. The van der Waals surface area contributed by atoms with Crippen molar-refractivity contribution < 1.29 is 9.53 Å². The molecule has 1 amide bonds. The van der Waals surface area contributed by atoms with Gasteiger partial charge in [-0.25, -0.2) is 5.43 Å². The van der Waals surface area contributed by atoms with E-state index in [4.69, 9.17) is 16.3 Å².